The zero-order valence-corrected chi connectivity index (χ0v) is 14.0. The Hall–Kier alpha value is -1.66. The summed E-state index contributed by atoms with van der Waals surface area (Å²) in [6.45, 7) is 0.720. The lowest BCUT2D eigenvalue weighted by atomic mass is 10.0. The average molecular weight is 358 g/mol. The van der Waals surface area contributed by atoms with Gasteiger partial charge in [0.15, 0.2) is 0 Å². The number of carbonyl (C=O) groups excluding carboxylic acids is 1. The first-order chi connectivity index (χ1) is 11.5. The molecule has 2 unspecified atom stereocenters. The molecule has 0 radical (unpaired) electrons. The third-order valence-corrected chi connectivity index (χ3v) is 4.33. The van der Waals surface area contributed by atoms with Gasteiger partial charge in [-0.2, -0.15) is 0 Å². The van der Waals surface area contributed by atoms with Gasteiger partial charge in [-0.3, -0.25) is 9.59 Å². The molecule has 1 aromatic rings. The number of hydrogen-bond donors (Lipinski definition) is 2. The first-order valence-corrected chi connectivity index (χ1v) is 8.41. The summed E-state index contributed by atoms with van der Waals surface area (Å²) in [4.78, 5) is 23.2. The van der Waals surface area contributed by atoms with Crippen LogP contribution in [-0.2, 0) is 14.3 Å². The van der Waals surface area contributed by atoms with Crippen molar-refractivity contribution in [1.82, 2.24) is 5.32 Å². The van der Waals surface area contributed by atoms with Crippen LogP contribution in [0.25, 0.3) is 0 Å². The molecule has 1 heterocycles. The molecule has 0 spiro atoms. The van der Waals surface area contributed by atoms with Crippen LogP contribution >= 0.6 is 11.6 Å². The molecular formula is C17H21ClFNO4. The molecule has 0 saturated carbocycles. The molecule has 1 aromatic carbocycles. The van der Waals surface area contributed by atoms with Crippen molar-refractivity contribution in [3.8, 4) is 0 Å². The van der Waals surface area contributed by atoms with Crippen molar-refractivity contribution in [2.24, 2.45) is 0 Å². The van der Waals surface area contributed by atoms with E-state index in [4.69, 9.17) is 21.4 Å². The third-order valence-electron chi connectivity index (χ3n) is 4.03. The molecule has 1 aliphatic rings. The van der Waals surface area contributed by atoms with Gasteiger partial charge in [-0.1, -0.05) is 17.7 Å². The Kier molecular flexibility index (Phi) is 6.99. The number of nitrogens with one attached hydrogen (secondary N) is 1. The second-order valence-electron chi connectivity index (χ2n) is 5.92. The monoisotopic (exact) mass is 357 g/mol. The number of ether oxygens (including phenoxy) is 1. The van der Waals surface area contributed by atoms with E-state index in [1.54, 1.807) is 0 Å². The van der Waals surface area contributed by atoms with Crippen molar-refractivity contribution < 1.29 is 23.8 Å². The Morgan fingerprint density at radius 3 is 2.83 bits per heavy atom. The van der Waals surface area contributed by atoms with Crippen LogP contribution in [0.5, 0.6) is 0 Å². The van der Waals surface area contributed by atoms with Crippen LogP contribution in [0.2, 0.25) is 5.02 Å². The number of hydrogen-bond acceptors (Lipinski definition) is 3. The maximum Gasteiger partial charge on any atom is 0.305 e. The standard InChI is InChI=1S/C17H21ClFNO4/c18-13-6-4-11(9-14(13)19)15(10-17(22)23)20-16(21)7-5-12-3-1-2-8-24-12/h4,6,9,12,15H,1-3,5,7-8,10H2,(H,20,21)(H,22,23). The van der Waals surface area contributed by atoms with E-state index in [9.17, 15) is 14.0 Å². The van der Waals surface area contributed by atoms with Crippen molar-refractivity contribution in [2.45, 2.75) is 50.7 Å². The van der Waals surface area contributed by atoms with Gasteiger partial charge in [0.25, 0.3) is 0 Å². The van der Waals surface area contributed by atoms with E-state index < -0.39 is 17.8 Å². The largest absolute Gasteiger partial charge is 0.481 e. The molecular weight excluding hydrogens is 337 g/mol. The third kappa shape index (κ3) is 5.76. The number of benzene rings is 1. The molecule has 2 rings (SSSR count). The van der Waals surface area contributed by atoms with Crippen LogP contribution in [0.15, 0.2) is 18.2 Å². The molecule has 5 nitrogen and oxygen atoms in total. The number of aliphatic carboxylic acids is 1. The molecule has 1 amide bonds. The van der Waals surface area contributed by atoms with Crippen molar-refractivity contribution >= 4 is 23.5 Å². The molecule has 1 saturated heterocycles. The first-order valence-electron chi connectivity index (χ1n) is 8.03. The second kappa shape index (κ2) is 8.99. The maximum absolute atomic E-state index is 13.6. The summed E-state index contributed by atoms with van der Waals surface area (Å²) in [7, 11) is 0. The van der Waals surface area contributed by atoms with Crippen LogP contribution in [0.1, 0.15) is 50.1 Å². The predicted octanol–water partition coefficient (Wildman–Crippen LogP) is 3.46. The Balaban J connectivity index is 1.95. The van der Waals surface area contributed by atoms with Crippen LogP contribution in [0.4, 0.5) is 4.39 Å². The van der Waals surface area contributed by atoms with Crippen molar-refractivity contribution in [2.75, 3.05) is 6.61 Å². The van der Waals surface area contributed by atoms with Crippen LogP contribution in [0.3, 0.4) is 0 Å². The normalized spacial score (nSPS) is 18.8. The van der Waals surface area contributed by atoms with Crippen LogP contribution < -0.4 is 5.32 Å². The van der Waals surface area contributed by atoms with E-state index >= 15 is 0 Å². The van der Waals surface area contributed by atoms with Gasteiger partial charge in [0.1, 0.15) is 5.82 Å². The Bertz CT molecular complexity index is 590. The smallest absolute Gasteiger partial charge is 0.305 e. The van der Waals surface area contributed by atoms with Crippen LogP contribution in [-0.4, -0.2) is 29.7 Å². The maximum atomic E-state index is 13.6. The average Bonchev–Trinajstić information content (AvgIpc) is 2.55. The molecule has 1 aliphatic heterocycles. The zero-order chi connectivity index (χ0) is 17.5. The minimum Gasteiger partial charge on any atom is -0.481 e. The van der Waals surface area contributed by atoms with Gasteiger partial charge >= 0.3 is 5.97 Å². The first kappa shape index (κ1) is 18.7. The molecule has 1 fully saturated rings. The topological polar surface area (TPSA) is 75.6 Å². The van der Waals surface area contributed by atoms with Gasteiger partial charge in [0, 0.05) is 13.0 Å². The van der Waals surface area contributed by atoms with Crippen LogP contribution in [0, 0.1) is 5.82 Å². The lowest BCUT2D eigenvalue weighted by Crippen LogP contribution is -2.31. The number of amides is 1. The fourth-order valence-electron chi connectivity index (χ4n) is 2.75. The number of carboxylic acids is 1. The minimum absolute atomic E-state index is 0.0476. The summed E-state index contributed by atoms with van der Waals surface area (Å²) >= 11 is 5.64. The van der Waals surface area contributed by atoms with E-state index in [2.05, 4.69) is 5.32 Å². The summed E-state index contributed by atoms with van der Waals surface area (Å²) in [5.74, 6) is -1.99. The fourth-order valence-corrected chi connectivity index (χ4v) is 2.87. The summed E-state index contributed by atoms with van der Waals surface area (Å²) < 4.78 is 19.2. The van der Waals surface area contributed by atoms with Gasteiger partial charge < -0.3 is 15.2 Å². The fraction of sp³-hybridized carbons (Fsp3) is 0.529. The van der Waals surface area contributed by atoms with E-state index in [-0.39, 0.29) is 29.9 Å². The van der Waals surface area contributed by atoms with E-state index in [0.29, 0.717) is 12.0 Å². The van der Waals surface area contributed by atoms with Crippen molar-refractivity contribution in [1.29, 1.82) is 0 Å². The summed E-state index contributed by atoms with van der Waals surface area (Å²) in [5, 5.41) is 11.6. The predicted molar refractivity (Wildman–Crippen MR) is 87.4 cm³/mol. The minimum atomic E-state index is -1.08. The number of rotatable bonds is 7. The molecule has 24 heavy (non-hydrogen) atoms. The molecule has 7 heteroatoms. The quantitative estimate of drug-likeness (QED) is 0.783. The molecule has 2 N–H and O–H groups in total. The number of carboxylic acid groups (broad SMARTS) is 1. The van der Waals surface area contributed by atoms with Gasteiger partial charge in [0.05, 0.1) is 23.6 Å². The molecule has 0 aliphatic carbocycles. The number of carbonyl (C=O) groups is 2. The Morgan fingerprint density at radius 1 is 1.42 bits per heavy atom. The van der Waals surface area contributed by atoms with E-state index in [0.717, 1.165) is 31.9 Å². The molecule has 0 aromatic heterocycles. The lowest BCUT2D eigenvalue weighted by Gasteiger charge is -2.23. The van der Waals surface area contributed by atoms with Gasteiger partial charge in [-0.05, 0) is 43.4 Å². The highest BCUT2D eigenvalue weighted by molar-refractivity contribution is 6.30. The highest BCUT2D eigenvalue weighted by atomic mass is 35.5. The SMILES string of the molecule is O=C(O)CC(NC(=O)CCC1CCCCO1)c1ccc(Cl)c(F)c1. The van der Waals surface area contributed by atoms with E-state index in [1.807, 2.05) is 0 Å². The van der Waals surface area contributed by atoms with Crippen molar-refractivity contribution in [3.63, 3.8) is 0 Å². The highest BCUT2D eigenvalue weighted by Gasteiger charge is 2.21. The summed E-state index contributed by atoms with van der Waals surface area (Å²) in [6.07, 6.45) is 3.68. The molecule has 0 bridgehead atoms. The Labute approximate surface area is 145 Å². The summed E-state index contributed by atoms with van der Waals surface area (Å²) in [6, 6.07) is 3.22. The zero-order valence-electron chi connectivity index (χ0n) is 13.3. The second-order valence-corrected chi connectivity index (χ2v) is 6.33. The molecule has 132 valence electrons. The molecule has 2 atom stereocenters. The van der Waals surface area contributed by atoms with Crippen molar-refractivity contribution in [3.05, 3.63) is 34.6 Å². The van der Waals surface area contributed by atoms with Gasteiger partial charge in [-0.15, -0.1) is 0 Å². The number of halogens is 2. The summed E-state index contributed by atoms with van der Waals surface area (Å²) in [5.41, 5.74) is 0.376. The Morgan fingerprint density at radius 2 is 2.21 bits per heavy atom. The highest BCUT2D eigenvalue weighted by Crippen LogP contribution is 2.23. The van der Waals surface area contributed by atoms with E-state index in [1.165, 1.54) is 12.1 Å². The van der Waals surface area contributed by atoms with Gasteiger partial charge in [0.2, 0.25) is 5.91 Å². The van der Waals surface area contributed by atoms with Gasteiger partial charge in [-0.25, -0.2) is 4.39 Å². The lowest BCUT2D eigenvalue weighted by molar-refractivity contribution is -0.137.